The van der Waals surface area contributed by atoms with Crippen LogP contribution < -0.4 is 4.74 Å². The number of carbonyl (C=O) groups excluding carboxylic acids is 2. The second kappa shape index (κ2) is 9.84. The van der Waals surface area contributed by atoms with Gasteiger partial charge in [0.05, 0.1) is 30.0 Å². The molecule has 0 radical (unpaired) electrons. The Morgan fingerprint density at radius 1 is 1.24 bits per heavy atom. The number of thioether (sulfide) groups is 1. The van der Waals surface area contributed by atoms with Crippen LogP contribution in [-0.4, -0.2) is 64.7 Å². The molecule has 1 aromatic heterocycles. The first kappa shape index (κ1) is 23.1. The van der Waals surface area contributed by atoms with Gasteiger partial charge in [-0.05, 0) is 31.2 Å². The van der Waals surface area contributed by atoms with Gasteiger partial charge < -0.3 is 19.4 Å². The summed E-state index contributed by atoms with van der Waals surface area (Å²) in [5, 5.41) is 0.309. The van der Waals surface area contributed by atoms with Gasteiger partial charge in [-0.25, -0.2) is 18.2 Å². The molecule has 33 heavy (non-hydrogen) atoms. The lowest BCUT2D eigenvalue weighted by Gasteiger charge is -2.32. The number of nitrogens with zero attached hydrogens (tertiary/aromatic N) is 2. The minimum absolute atomic E-state index is 0.0145. The summed E-state index contributed by atoms with van der Waals surface area (Å²) < 4.78 is 51.9. The van der Waals surface area contributed by atoms with Crippen molar-refractivity contribution in [3.05, 3.63) is 53.3 Å². The van der Waals surface area contributed by atoms with Crippen LogP contribution in [0.15, 0.2) is 35.5 Å². The molecule has 2 aromatic carbocycles. The van der Waals surface area contributed by atoms with Crippen molar-refractivity contribution in [3.8, 4) is 5.75 Å². The number of rotatable bonds is 7. The summed E-state index contributed by atoms with van der Waals surface area (Å²) in [5.41, 5.74) is 0.370. The van der Waals surface area contributed by atoms with Crippen LogP contribution in [0.2, 0.25) is 0 Å². The molecule has 174 valence electrons. The van der Waals surface area contributed by atoms with Gasteiger partial charge in [0.1, 0.15) is 35.6 Å². The third-order valence-electron chi connectivity index (χ3n) is 5.05. The van der Waals surface area contributed by atoms with Crippen molar-refractivity contribution in [2.45, 2.75) is 18.2 Å². The molecule has 11 heteroatoms. The monoisotopic (exact) mass is 479 g/mol. The fourth-order valence-corrected chi connectivity index (χ4v) is 4.22. The number of benzene rings is 2. The Hall–Kier alpha value is -3.05. The zero-order valence-corrected chi connectivity index (χ0v) is 18.4. The van der Waals surface area contributed by atoms with Crippen LogP contribution in [0.1, 0.15) is 17.3 Å². The number of amides is 1. The molecule has 0 bridgehead atoms. The van der Waals surface area contributed by atoms with Crippen LogP contribution in [0.5, 0.6) is 5.75 Å². The molecular formula is C22H20F3N3O4S. The summed E-state index contributed by atoms with van der Waals surface area (Å²) in [6, 6.07) is 5.60. The van der Waals surface area contributed by atoms with E-state index in [0.717, 1.165) is 30.0 Å². The van der Waals surface area contributed by atoms with E-state index in [0.29, 0.717) is 18.3 Å². The van der Waals surface area contributed by atoms with Gasteiger partial charge in [0.15, 0.2) is 16.8 Å². The fraction of sp³-hybridized carbons (Fsp3) is 0.318. The number of H-pyrrole nitrogens is 1. The summed E-state index contributed by atoms with van der Waals surface area (Å²) >= 11 is 1.09. The lowest BCUT2D eigenvalue weighted by Crippen LogP contribution is -2.48. The summed E-state index contributed by atoms with van der Waals surface area (Å²) in [7, 11) is 0. The zero-order chi connectivity index (χ0) is 23.5. The van der Waals surface area contributed by atoms with Gasteiger partial charge in [-0.3, -0.25) is 9.59 Å². The van der Waals surface area contributed by atoms with Crippen molar-refractivity contribution in [1.82, 2.24) is 14.9 Å². The second-order valence-corrected chi connectivity index (χ2v) is 8.42. The second-order valence-electron chi connectivity index (χ2n) is 7.45. The first-order chi connectivity index (χ1) is 15.8. The summed E-state index contributed by atoms with van der Waals surface area (Å²) in [6.07, 6.45) is -0.430. The average molecular weight is 479 g/mol. The molecule has 1 amide bonds. The van der Waals surface area contributed by atoms with Crippen LogP contribution in [-0.2, 0) is 9.53 Å². The molecular weight excluding hydrogens is 459 g/mol. The topological polar surface area (TPSA) is 84.5 Å². The first-order valence-electron chi connectivity index (χ1n) is 10.1. The standard InChI is InChI=1S/C22H20F3N3O4S/c1-12(29)16-6-13(23)2-3-19(16)32-10-15-9-28(4-5-31-15)20(30)11-33-22-26-18-8-14(24)7-17(25)21(18)27-22/h2-3,6-8,15H,4-5,9-11H2,1H3,(H,26,27). The predicted octanol–water partition coefficient (Wildman–Crippen LogP) is 3.58. The Balaban J connectivity index is 1.32. The van der Waals surface area contributed by atoms with Crippen LogP contribution in [0.25, 0.3) is 11.0 Å². The lowest BCUT2D eigenvalue weighted by molar-refractivity contribution is -0.137. The van der Waals surface area contributed by atoms with Gasteiger partial charge >= 0.3 is 0 Å². The molecule has 1 saturated heterocycles. The van der Waals surface area contributed by atoms with Gasteiger partial charge in [0, 0.05) is 12.6 Å². The van der Waals surface area contributed by atoms with E-state index in [1.54, 1.807) is 4.90 Å². The highest BCUT2D eigenvalue weighted by Gasteiger charge is 2.25. The summed E-state index contributed by atoms with van der Waals surface area (Å²) in [4.78, 5) is 32.9. The average Bonchev–Trinajstić information content (AvgIpc) is 3.20. The molecule has 1 atom stereocenters. The number of aromatic nitrogens is 2. The number of morpholine rings is 1. The summed E-state index contributed by atoms with van der Waals surface area (Å²) in [6.45, 7) is 2.38. The van der Waals surface area contributed by atoms with E-state index in [4.69, 9.17) is 9.47 Å². The number of halogens is 3. The number of hydrogen-bond donors (Lipinski definition) is 1. The van der Waals surface area contributed by atoms with Crippen molar-refractivity contribution in [2.75, 3.05) is 32.1 Å². The van der Waals surface area contributed by atoms with Crippen LogP contribution in [0.3, 0.4) is 0 Å². The van der Waals surface area contributed by atoms with E-state index >= 15 is 0 Å². The highest BCUT2D eigenvalue weighted by Crippen LogP contribution is 2.24. The van der Waals surface area contributed by atoms with Crippen molar-refractivity contribution in [1.29, 1.82) is 0 Å². The molecule has 7 nitrogen and oxygen atoms in total. The molecule has 0 saturated carbocycles. The number of hydrogen-bond acceptors (Lipinski definition) is 6. The van der Waals surface area contributed by atoms with Crippen molar-refractivity contribution in [3.63, 3.8) is 0 Å². The third-order valence-corrected chi connectivity index (χ3v) is 5.91. The number of nitrogens with one attached hydrogen (secondary N) is 1. The van der Waals surface area contributed by atoms with E-state index in [1.807, 2.05) is 0 Å². The Morgan fingerprint density at radius 3 is 2.85 bits per heavy atom. The normalized spacial score (nSPS) is 16.2. The number of aromatic amines is 1. The minimum Gasteiger partial charge on any atom is -0.490 e. The van der Waals surface area contributed by atoms with Crippen LogP contribution in [0, 0.1) is 17.5 Å². The maximum Gasteiger partial charge on any atom is 0.233 e. The Morgan fingerprint density at radius 2 is 2.06 bits per heavy atom. The quantitative estimate of drug-likeness (QED) is 0.412. The van der Waals surface area contributed by atoms with Crippen molar-refractivity contribution >= 4 is 34.5 Å². The predicted molar refractivity (Wildman–Crippen MR) is 115 cm³/mol. The number of ether oxygens (including phenoxy) is 2. The van der Waals surface area contributed by atoms with E-state index in [2.05, 4.69) is 9.97 Å². The maximum absolute atomic E-state index is 13.8. The van der Waals surface area contributed by atoms with Gasteiger partial charge in [-0.1, -0.05) is 11.8 Å². The molecule has 1 aliphatic rings. The van der Waals surface area contributed by atoms with E-state index in [-0.39, 0.29) is 52.9 Å². The van der Waals surface area contributed by atoms with Gasteiger partial charge in [-0.15, -0.1) is 0 Å². The first-order valence-corrected chi connectivity index (χ1v) is 11.1. The molecule has 1 aliphatic heterocycles. The largest absolute Gasteiger partial charge is 0.490 e. The fourth-order valence-electron chi connectivity index (χ4n) is 3.44. The number of ketones is 1. The zero-order valence-electron chi connectivity index (χ0n) is 17.6. The Bertz CT molecular complexity index is 1200. The molecule has 1 unspecified atom stereocenters. The SMILES string of the molecule is CC(=O)c1cc(F)ccc1OCC1CN(C(=O)CSc2nc3c(F)cc(F)cc3[nH]2)CCO1. The minimum atomic E-state index is -0.774. The number of fused-ring (bicyclic) bond motifs is 1. The van der Waals surface area contributed by atoms with Gasteiger partial charge in [0.25, 0.3) is 0 Å². The van der Waals surface area contributed by atoms with E-state index < -0.39 is 23.6 Å². The van der Waals surface area contributed by atoms with Crippen molar-refractivity contribution < 1.29 is 32.2 Å². The molecule has 3 aromatic rings. The lowest BCUT2D eigenvalue weighted by atomic mass is 10.1. The van der Waals surface area contributed by atoms with Gasteiger partial charge in [-0.2, -0.15) is 0 Å². The number of carbonyl (C=O) groups is 2. The molecule has 1 N–H and O–H groups in total. The molecule has 0 spiro atoms. The van der Waals surface area contributed by atoms with E-state index in [1.165, 1.54) is 19.1 Å². The van der Waals surface area contributed by atoms with Crippen LogP contribution in [0.4, 0.5) is 13.2 Å². The third kappa shape index (κ3) is 5.48. The highest BCUT2D eigenvalue weighted by molar-refractivity contribution is 7.99. The number of imidazole rings is 1. The molecule has 2 heterocycles. The Labute approximate surface area is 191 Å². The maximum atomic E-state index is 13.8. The highest BCUT2D eigenvalue weighted by atomic mass is 32.2. The molecule has 1 fully saturated rings. The van der Waals surface area contributed by atoms with E-state index in [9.17, 15) is 22.8 Å². The summed E-state index contributed by atoms with van der Waals surface area (Å²) in [5.74, 6) is -2.22. The Kier molecular flexibility index (Phi) is 6.89. The smallest absolute Gasteiger partial charge is 0.233 e. The molecule has 4 rings (SSSR count). The van der Waals surface area contributed by atoms with Gasteiger partial charge in [0.2, 0.25) is 5.91 Å². The number of Topliss-reactive ketones (excluding diaryl/α,β-unsaturated/α-hetero) is 1. The molecule has 0 aliphatic carbocycles. The van der Waals surface area contributed by atoms with Crippen LogP contribution >= 0.6 is 11.8 Å². The van der Waals surface area contributed by atoms with Crippen molar-refractivity contribution in [2.24, 2.45) is 0 Å².